The fourth-order valence-electron chi connectivity index (χ4n) is 3.79. The summed E-state index contributed by atoms with van der Waals surface area (Å²) in [6.07, 6.45) is 2.14. The van der Waals surface area contributed by atoms with Crippen LogP contribution in [0.25, 0.3) is 0 Å². The molecule has 0 spiro atoms. The van der Waals surface area contributed by atoms with Gasteiger partial charge in [0.05, 0.1) is 6.61 Å². The van der Waals surface area contributed by atoms with Crippen LogP contribution in [0, 0.1) is 18.7 Å². The summed E-state index contributed by atoms with van der Waals surface area (Å²) in [6.45, 7) is 3.22. The number of nitrogens with one attached hydrogen (secondary N) is 3. The number of carbonyl (C=O) groups is 1. The first kappa shape index (κ1) is 19.9. The maximum Gasteiger partial charge on any atom is 0.276 e. The Morgan fingerprint density at radius 1 is 1.38 bits per heavy atom. The molecule has 1 aromatic heterocycles. The van der Waals surface area contributed by atoms with E-state index in [1.807, 2.05) is 0 Å². The zero-order chi connectivity index (χ0) is 20.8. The number of benzene rings is 1. The Kier molecular flexibility index (Phi) is 5.09. The molecule has 1 fully saturated rings. The molecule has 2 atom stereocenters. The van der Waals surface area contributed by atoms with E-state index in [1.54, 1.807) is 14.0 Å². The third kappa shape index (κ3) is 3.75. The number of sulfonamides is 1. The average molecular weight is 422 g/mol. The van der Waals surface area contributed by atoms with E-state index in [2.05, 4.69) is 15.4 Å². The van der Waals surface area contributed by atoms with Gasteiger partial charge in [0.1, 0.15) is 10.7 Å². The zero-order valence-electron chi connectivity index (χ0n) is 16.2. The molecule has 156 valence electrons. The molecule has 10 heteroatoms. The fourth-order valence-corrected chi connectivity index (χ4v) is 5.28. The molecule has 2 aliphatic rings. The van der Waals surface area contributed by atoms with Gasteiger partial charge in [-0.05, 0) is 43.7 Å². The number of hydrogen-bond acceptors (Lipinski definition) is 5. The Morgan fingerprint density at radius 3 is 2.93 bits per heavy atom. The van der Waals surface area contributed by atoms with Gasteiger partial charge in [0.2, 0.25) is 10.0 Å². The van der Waals surface area contributed by atoms with Crippen molar-refractivity contribution in [1.82, 2.24) is 14.6 Å². The first-order chi connectivity index (χ1) is 13.8. The van der Waals surface area contributed by atoms with Gasteiger partial charge in [-0.15, -0.1) is 0 Å². The number of hydrogen-bond donors (Lipinski definition) is 3. The molecule has 0 saturated carbocycles. The van der Waals surface area contributed by atoms with Gasteiger partial charge in [0.25, 0.3) is 5.91 Å². The van der Waals surface area contributed by atoms with Crippen LogP contribution in [0.3, 0.4) is 0 Å². The summed E-state index contributed by atoms with van der Waals surface area (Å²) in [6, 6.07) is 3.97. The predicted octanol–water partition coefficient (Wildman–Crippen LogP) is 1.37. The highest BCUT2D eigenvalue weighted by atomic mass is 32.2. The van der Waals surface area contributed by atoms with E-state index in [9.17, 15) is 17.6 Å². The van der Waals surface area contributed by atoms with Gasteiger partial charge in [-0.25, -0.2) is 17.5 Å². The van der Waals surface area contributed by atoms with Crippen LogP contribution in [0.5, 0.6) is 5.75 Å². The molecular weight excluding hydrogens is 399 g/mol. The largest absolute Gasteiger partial charge is 0.489 e. The number of halogens is 1. The van der Waals surface area contributed by atoms with Crippen LogP contribution in [-0.2, 0) is 17.1 Å². The van der Waals surface area contributed by atoms with E-state index in [-0.39, 0.29) is 34.1 Å². The van der Waals surface area contributed by atoms with Gasteiger partial charge in [0.15, 0.2) is 11.4 Å². The molecule has 2 aromatic rings. The van der Waals surface area contributed by atoms with Gasteiger partial charge in [-0.2, -0.15) is 0 Å². The molecule has 0 bridgehead atoms. The molecular formula is C19H23FN4O4S. The number of fused-ring (bicyclic) bond motifs is 2. The van der Waals surface area contributed by atoms with E-state index in [1.165, 1.54) is 29.0 Å². The predicted molar refractivity (Wildman–Crippen MR) is 105 cm³/mol. The van der Waals surface area contributed by atoms with E-state index in [4.69, 9.17) is 4.74 Å². The van der Waals surface area contributed by atoms with Crippen LogP contribution in [0.15, 0.2) is 29.3 Å². The van der Waals surface area contributed by atoms with Crippen molar-refractivity contribution in [2.45, 2.75) is 24.3 Å². The van der Waals surface area contributed by atoms with E-state index in [0.717, 1.165) is 13.0 Å². The highest BCUT2D eigenvalue weighted by Crippen LogP contribution is 2.34. The second-order valence-electron chi connectivity index (χ2n) is 7.49. The molecule has 1 aromatic carbocycles. The van der Waals surface area contributed by atoms with E-state index < -0.39 is 15.9 Å². The van der Waals surface area contributed by atoms with Crippen molar-refractivity contribution in [3.8, 4) is 5.75 Å². The molecule has 3 heterocycles. The van der Waals surface area contributed by atoms with Crippen molar-refractivity contribution in [2.75, 3.05) is 25.0 Å². The number of nitrogens with zero attached hydrogens (tertiary/aromatic N) is 1. The van der Waals surface area contributed by atoms with Crippen LogP contribution in [0.1, 0.15) is 22.5 Å². The second kappa shape index (κ2) is 7.43. The van der Waals surface area contributed by atoms with E-state index in [0.29, 0.717) is 24.4 Å². The molecule has 1 amide bonds. The lowest BCUT2D eigenvalue weighted by molar-refractivity contribution is 0.101. The third-order valence-electron chi connectivity index (χ3n) is 5.40. The quantitative estimate of drug-likeness (QED) is 0.679. The molecule has 29 heavy (non-hydrogen) atoms. The Balaban J connectivity index is 1.69. The number of anilines is 1. The molecule has 2 unspecified atom stereocenters. The summed E-state index contributed by atoms with van der Waals surface area (Å²) in [5.74, 6) is -0.857. The Bertz CT molecular complexity index is 1070. The van der Waals surface area contributed by atoms with Crippen molar-refractivity contribution in [1.29, 1.82) is 0 Å². The van der Waals surface area contributed by atoms with Gasteiger partial charge in [0, 0.05) is 37.4 Å². The van der Waals surface area contributed by atoms with Crippen LogP contribution < -0.4 is 20.1 Å². The lowest BCUT2D eigenvalue weighted by Crippen LogP contribution is -2.53. The lowest BCUT2D eigenvalue weighted by Gasteiger charge is -2.34. The minimum absolute atomic E-state index is 0.00930. The van der Waals surface area contributed by atoms with Gasteiger partial charge < -0.3 is 19.9 Å². The Labute approximate surface area is 168 Å². The summed E-state index contributed by atoms with van der Waals surface area (Å²) in [4.78, 5) is 12.9. The first-order valence-electron chi connectivity index (χ1n) is 9.39. The maximum atomic E-state index is 13.5. The minimum atomic E-state index is -3.86. The number of aromatic nitrogens is 1. The molecule has 3 N–H and O–H groups in total. The van der Waals surface area contributed by atoms with Crippen molar-refractivity contribution < 1.29 is 22.3 Å². The number of rotatable bonds is 2. The molecule has 1 saturated heterocycles. The topological polar surface area (TPSA) is 101 Å². The maximum absolute atomic E-state index is 13.5. The smallest absolute Gasteiger partial charge is 0.276 e. The highest BCUT2D eigenvalue weighted by Gasteiger charge is 2.37. The standard InChI is InChI=1S/C19H23FN4O4S/c1-11-7-13(3-4-14(11)20)22-19(25)17-18-16(9-24(17)2)29(26,27)23-15-8-21-6-5-12(15)10-28-18/h3-4,7,9,12,15,21,23H,5-6,8,10H2,1-2H3,(H,22,25). The monoisotopic (exact) mass is 422 g/mol. The number of piperidine rings is 1. The SMILES string of the molecule is Cc1cc(NC(=O)c2c3c(cn2C)S(=O)(=O)NC2CNCCC2CO3)ccc1F. The summed E-state index contributed by atoms with van der Waals surface area (Å²) < 4.78 is 49.4. The highest BCUT2D eigenvalue weighted by molar-refractivity contribution is 7.89. The fraction of sp³-hybridized carbons (Fsp3) is 0.421. The van der Waals surface area contributed by atoms with Gasteiger partial charge in [-0.3, -0.25) is 4.79 Å². The summed E-state index contributed by atoms with van der Waals surface area (Å²) in [5.41, 5.74) is 0.902. The molecule has 2 aliphatic heterocycles. The van der Waals surface area contributed by atoms with E-state index >= 15 is 0 Å². The van der Waals surface area contributed by atoms with Crippen molar-refractivity contribution >= 4 is 21.6 Å². The van der Waals surface area contributed by atoms with Crippen LogP contribution in [0.2, 0.25) is 0 Å². The molecule has 8 nitrogen and oxygen atoms in total. The van der Waals surface area contributed by atoms with Crippen molar-refractivity contribution in [2.24, 2.45) is 13.0 Å². The summed E-state index contributed by atoms with van der Waals surface area (Å²) >= 11 is 0. The first-order valence-corrected chi connectivity index (χ1v) is 10.9. The van der Waals surface area contributed by atoms with Crippen molar-refractivity contribution in [3.63, 3.8) is 0 Å². The van der Waals surface area contributed by atoms with Crippen LogP contribution in [-0.4, -0.2) is 44.6 Å². The van der Waals surface area contributed by atoms with Crippen LogP contribution in [0.4, 0.5) is 10.1 Å². The molecule has 0 radical (unpaired) electrons. The average Bonchev–Trinajstić information content (AvgIpc) is 3.00. The lowest BCUT2D eigenvalue weighted by atomic mass is 9.94. The summed E-state index contributed by atoms with van der Waals surface area (Å²) in [7, 11) is -2.27. The number of ether oxygens (including phenoxy) is 1. The van der Waals surface area contributed by atoms with Crippen molar-refractivity contribution in [3.05, 3.63) is 41.5 Å². The summed E-state index contributed by atoms with van der Waals surface area (Å²) in [5, 5.41) is 5.88. The van der Waals surface area contributed by atoms with Crippen LogP contribution >= 0.6 is 0 Å². The Morgan fingerprint density at radius 2 is 2.17 bits per heavy atom. The minimum Gasteiger partial charge on any atom is -0.489 e. The Hall–Kier alpha value is -2.43. The zero-order valence-corrected chi connectivity index (χ0v) is 17.0. The number of aryl methyl sites for hydroxylation is 2. The van der Waals surface area contributed by atoms with Gasteiger partial charge >= 0.3 is 0 Å². The second-order valence-corrected chi connectivity index (χ2v) is 9.17. The number of amides is 1. The molecule has 4 rings (SSSR count). The molecule has 0 aliphatic carbocycles. The third-order valence-corrected chi connectivity index (χ3v) is 6.88. The number of carbonyl (C=O) groups excluding carboxylic acids is 1. The van der Waals surface area contributed by atoms with Gasteiger partial charge in [-0.1, -0.05) is 0 Å². The normalized spacial score (nSPS) is 23.1.